The molecule has 16 heteroatoms. The van der Waals surface area contributed by atoms with E-state index in [9.17, 15) is 31.1 Å². The first-order valence-corrected chi connectivity index (χ1v) is 8.67. The summed E-state index contributed by atoms with van der Waals surface area (Å²) in [6.07, 6.45) is -8.00. The Morgan fingerprint density at radius 3 is 2.00 bits per heavy atom. The van der Waals surface area contributed by atoms with Crippen LogP contribution in [0.25, 0.3) is 10.9 Å². The summed E-state index contributed by atoms with van der Waals surface area (Å²) in [6.45, 7) is 1.27. The van der Waals surface area contributed by atoms with Crippen LogP contribution in [0.2, 0.25) is 0 Å². The maximum Gasteiger partial charge on any atom is 0.490 e. The number of anilines is 1. The molecule has 1 fully saturated rings. The summed E-state index contributed by atoms with van der Waals surface area (Å²) in [6, 6.07) is 5.42. The molecule has 1 aromatic heterocycles. The van der Waals surface area contributed by atoms with Crippen molar-refractivity contribution < 1.29 is 50.9 Å². The Hall–Kier alpha value is -3.69. The number of benzene rings is 1. The second kappa shape index (κ2) is 10.8. The van der Waals surface area contributed by atoms with E-state index in [-0.39, 0.29) is 11.9 Å². The van der Waals surface area contributed by atoms with Crippen molar-refractivity contribution in [3.8, 4) is 0 Å². The lowest BCUT2D eigenvalue weighted by Gasteiger charge is -2.16. The number of carboxylic acids is 2. The number of fused-ring (bicyclic) bond motifs is 1. The highest BCUT2D eigenvalue weighted by molar-refractivity contribution is 5.88. The van der Waals surface area contributed by atoms with E-state index in [4.69, 9.17) is 31.3 Å². The summed E-state index contributed by atoms with van der Waals surface area (Å²) in [5, 5.41) is 15.1. The molecule has 1 amide bonds. The minimum absolute atomic E-state index is 0.0160. The Morgan fingerprint density at radius 1 is 1.06 bits per heavy atom. The van der Waals surface area contributed by atoms with Crippen LogP contribution in [0, 0.1) is 0 Å². The maximum absolute atomic E-state index is 11.8. The Balaban J connectivity index is 0.000000324. The summed E-state index contributed by atoms with van der Waals surface area (Å²) in [7, 11) is 0. The van der Waals surface area contributed by atoms with E-state index in [0.717, 1.165) is 22.9 Å². The van der Waals surface area contributed by atoms with Crippen LogP contribution in [-0.2, 0) is 20.9 Å². The number of nitrogens with two attached hydrogens (primary N) is 2. The number of nitrogen functional groups attached to an aromatic ring is 1. The lowest BCUT2D eigenvalue weighted by Crippen LogP contribution is -2.33. The summed E-state index contributed by atoms with van der Waals surface area (Å²) >= 11 is 0. The molecule has 33 heavy (non-hydrogen) atoms. The molecule has 1 aliphatic rings. The van der Waals surface area contributed by atoms with Crippen molar-refractivity contribution in [3.05, 3.63) is 30.1 Å². The Morgan fingerprint density at radius 2 is 1.58 bits per heavy atom. The van der Waals surface area contributed by atoms with Crippen molar-refractivity contribution in [3.63, 3.8) is 0 Å². The van der Waals surface area contributed by atoms with Crippen LogP contribution in [0.1, 0.15) is 12.0 Å². The quantitative estimate of drug-likeness (QED) is 0.460. The van der Waals surface area contributed by atoms with Gasteiger partial charge in [0, 0.05) is 18.5 Å². The largest absolute Gasteiger partial charge is 0.490 e. The molecule has 0 spiro atoms. The number of aliphatic carboxylic acids is 2. The maximum atomic E-state index is 11.8. The highest BCUT2D eigenvalue weighted by Gasteiger charge is 2.38. The van der Waals surface area contributed by atoms with Gasteiger partial charge in [0.2, 0.25) is 5.91 Å². The fourth-order valence-corrected chi connectivity index (χ4v) is 2.36. The minimum atomic E-state index is -5.08. The number of rotatable bonds is 2. The first kappa shape index (κ1) is 27.3. The molecule has 10 nitrogen and oxygen atoms in total. The Labute approximate surface area is 180 Å². The molecular weight excluding hydrogens is 468 g/mol. The van der Waals surface area contributed by atoms with Crippen LogP contribution in [0.3, 0.4) is 0 Å². The molecule has 182 valence electrons. The minimum Gasteiger partial charge on any atom is -0.475 e. The Bertz CT molecular complexity index is 990. The van der Waals surface area contributed by atoms with E-state index in [1.165, 1.54) is 6.33 Å². The number of amides is 1. The van der Waals surface area contributed by atoms with Crippen molar-refractivity contribution in [2.75, 3.05) is 12.3 Å². The van der Waals surface area contributed by atoms with E-state index >= 15 is 0 Å². The lowest BCUT2D eigenvalue weighted by atomic mass is 10.1. The molecule has 0 radical (unpaired) electrons. The number of carbonyl (C=O) groups is 3. The number of hydrogen-bond donors (Lipinski definition) is 4. The van der Waals surface area contributed by atoms with Gasteiger partial charge in [-0.05, 0) is 24.1 Å². The zero-order valence-electron chi connectivity index (χ0n) is 16.4. The van der Waals surface area contributed by atoms with Crippen molar-refractivity contribution in [1.82, 2.24) is 14.9 Å². The number of carbonyl (C=O) groups excluding carboxylic acids is 1. The van der Waals surface area contributed by atoms with E-state index in [2.05, 4.69) is 9.97 Å². The molecule has 0 aliphatic carbocycles. The predicted molar refractivity (Wildman–Crippen MR) is 99.3 cm³/mol. The molecule has 2 aromatic rings. The van der Waals surface area contributed by atoms with Gasteiger partial charge in [0.25, 0.3) is 0 Å². The van der Waals surface area contributed by atoms with Crippen molar-refractivity contribution >= 4 is 34.6 Å². The van der Waals surface area contributed by atoms with Crippen LogP contribution in [-0.4, -0.2) is 67.9 Å². The highest BCUT2D eigenvalue weighted by Crippen LogP contribution is 2.20. The van der Waals surface area contributed by atoms with Gasteiger partial charge in [0.05, 0.1) is 11.6 Å². The molecule has 1 aliphatic heterocycles. The predicted octanol–water partition coefficient (Wildman–Crippen LogP) is 1.54. The molecule has 6 N–H and O–H groups in total. The van der Waals surface area contributed by atoms with Gasteiger partial charge in [0.1, 0.15) is 12.1 Å². The topological polar surface area (TPSA) is 173 Å². The number of carboxylic acid groups (broad SMARTS) is 2. The molecule has 3 rings (SSSR count). The van der Waals surface area contributed by atoms with Crippen LogP contribution in [0.15, 0.2) is 24.5 Å². The third kappa shape index (κ3) is 8.40. The SMILES string of the molecule is Nc1ncnc2cc(CN3CC[C@@H](N)C3=O)ccc12.O=C(O)C(F)(F)F.O=C(O)C(F)(F)F. The highest BCUT2D eigenvalue weighted by atomic mass is 19.4. The fraction of sp³-hybridized carbons (Fsp3) is 0.353. The molecular formula is C17H17F6N5O5. The van der Waals surface area contributed by atoms with Gasteiger partial charge in [0.15, 0.2) is 0 Å². The third-order valence-electron chi connectivity index (χ3n) is 3.93. The molecule has 0 unspecified atom stereocenters. The summed E-state index contributed by atoms with van der Waals surface area (Å²) in [5.74, 6) is -5.03. The zero-order chi connectivity index (χ0) is 25.6. The third-order valence-corrected chi connectivity index (χ3v) is 3.93. The van der Waals surface area contributed by atoms with E-state index in [0.29, 0.717) is 18.9 Å². The second-order valence-corrected chi connectivity index (χ2v) is 6.37. The van der Waals surface area contributed by atoms with Crippen LogP contribution >= 0.6 is 0 Å². The average Bonchev–Trinajstić information content (AvgIpc) is 3.00. The molecule has 0 saturated carbocycles. The van der Waals surface area contributed by atoms with Crippen LogP contribution in [0.4, 0.5) is 32.2 Å². The Kier molecular flexibility index (Phi) is 8.91. The molecule has 1 saturated heterocycles. The normalized spacial score (nSPS) is 15.9. The van der Waals surface area contributed by atoms with Gasteiger partial charge >= 0.3 is 24.3 Å². The molecule has 1 atom stereocenters. The van der Waals surface area contributed by atoms with E-state index in [1.807, 2.05) is 18.2 Å². The molecule has 1 aromatic carbocycles. The first-order valence-electron chi connectivity index (χ1n) is 8.67. The number of halogens is 6. The van der Waals surface area contributed by atoms with Gasteiger partial charge in [-0.2, -0.15) is 26.3 Å². The zero-order valence-corrected chi connectivity index (χ0v) is 16.4. The second-order valence-electron chi connectivity index (χ2n) is 6.37. The number of nitrogens with zero attached hydrogens (tertiary/aromatic N) is 3. The van der Waals surface area contributed by atoms with Crippen molar-refractivity contribution in [1.29, 1.82) is 0 Å². The van der Waals surface area contributed by atoms with E-state index < -0.39 is 24.3 Å². The standard InChI is InChI=1S/C13H15N5O.2C2HF3O2/c14-10-3-4-18(13(10)19)6-8-1-2-9-11(5-8)16-7-17-12(9)15;2*3-2(4,5)1(6)7/h1-2,5,7,10H,3-4,6,14H2,(H2,15,16,17);2*(H,6,7)/t10-;;/m1../s1. The number of alkyl halides is 6. The van der Waals surface area contributed by atoms with Gasteiger partial charge in [-0.25, -0.2) is 19.6 Å². The molecule has 2 heterocycles. The van der Waals surface area contributed by atoms with Crippen LogP contribution < -0.4 is 11.5 Å². The van der Waals surface area contributed by atoms with Gasteiger partial charge in [-0.15, -0.1) is 0 Å². The summed E-state index contributed by atoms with van der Waals surface area (Å²) in [4.78, 5) is 39.5. The number of hydrogen-bond acceptors (Lipinski definition) is 7. The monoisotopic (exact) mass is 485 g/mol. The van der Waals surface area contributed by atoms with Gasteiger partial charge in [-0.1, -0.05) is 6.07 Å². The van der Waals surface area contributed by atoms with Gasteiger partial charge in [-0.3, -0.25) is 4.79 Å². The number of likely N-dealkylation sites (tertiary alicyclic amines) is 1. The van der Waals surface area contributed by atoms with Crippen molar-refractivity contribution in [2.24, 2.45) is 5.73 Å². The first-order chi connectivity index (χ1) is 15.0. The van der Waals surface area contributed by atoms with Crippen molar-refractivity contribution in [2.45, 2.75) is 31.4 Å². The fourth-order valence-electron chi connectivity index (χ4n) is 2.36. The summed E-state index contributed by atoms with van der Waals surface area (Å²) in [5.41, 5.74) is 13.3. The average molecular weight is 485 g/mol. The lowest BCUT2D eigenvalue weighted by molar-refractivity contribution is -0.193. The molecule has 0 bridgehead atoms. The van der Waals surface area contributed by atoms with Gasteiger partial charge < -0.3 is 26.6 Å². The summed E-state index contributed by atoms with van der Waals surface area (Å²) < 4.78 is 63.5. The number of aromatic nitrogens is 2. The smallest absolute Gasteiger partial charge is 0.475 e. The van der Waals surface area contributed by atoms with Crippen LogP contribution in [0.5, 0.6) is 0 Å². The van der Waals surface area contributed by atoms with E-state index in [1.54, 1.807) is 4.90 Å².